The molecule has 3 aromatic rings. The van der Waals surface area contributed by atoms with Gasteiger partial charge < -0.3 is 10.1 Å². The smallest absolute Gasteiger partial charge is 0.418 e. The SMILES string of the molecule is CCOc1ccc(S(=O)(=O)N(CC(=O)Nc2ccc(Cl)cc2C(F)(F)F)c2ccc(F)cc2)cc1. The minimum Gasteiger partial charge on any atom is -0.494 e. The van der Waals surface area contributed by atoms with E-state index in [0.717, 1.165) is 36.4 Å². The van der Waals surface area contributed by atoms with E-state index in [1.54, 1.807) is 6.92 Å². The first-order valence-corrected chi connectivity index (χ1v) is 11.9. The van der Waals surface area contributed by atoms with Crippen LogP contribution in [0.1, 0.15) is 12.5 Å². The number of benzene rings is 3. The molecule has 0 saturated heterocycles. The molecule has 0 saturated carbocycles. The Morgan fingerprint density at radius 1 is 1.03 bits per heavy atom. The quantitative estimate of drug-likeness (QED) is 0.377. The van der Waals surface area contributed by atoms with Crippen LogP contribution in [0.2, 0.25) is 5.02 Å². The molecule has 35 heavy (non-hydrogen) atoms. The van der Waals surface area contributed by atoms with Gasteiger partial charge in [-0.15, -0.1) is 0 Å². The summed E-state index contributed by atoms with van der Waals surface area (Å²) in [4.78, 5) is 12.5. The molecule has 0 unspecified atom stereocenters. The van der Waals surface area contributed by atoms with Gasteiger partial charge in [-0.1, -0.05) is 11.6 Å². The Kier molecular flexibility index (Phi) is 7.91. The molecule has 1 amide bonds. The van der Waals surface area contributed by atoms with Gasteiger partial charge in [-0.05, 0) is 73.7 Å². The van der Waals surface area contributed by atoms with Crippen molar-refractivity contribution in [1.82, 2.24) is 0 Å². The molecule has 0 spiro atoms. The van der Waals surface area contributed by atoms with Gasteiger partial charge in [0, 0.05) is 5.02 Å². The Morgan fingerprint density at radius 3 is 2.23 bits per heavy atom. The minimum absolute atomic E-state index is 0.0671. The summed E-state index contributed by atoms with van der Waals surface area (Å²) in [5.41, 5.74) is -1.85. The Morgan fingerprint density at radius 2 is 1.66 bits per heavy atom. The van der Waals surface area contributed by atoms with Crippen molar-refractivity contribution in [2.24, 2.45) is 0 Å². The number of anilines is 2. The van der Waals surface area contributed by atoms with Crippen LogP contribution in [0.15, 0.2) is 71.6 Å². The molecule has 0 fully saturated rings. The number of rotatable bonds is 8. The van der Waals surface area contributed by atoms with Gasteiger partial charge in [0.25, 0.3) is 10.0 Å². The Hall–Kier alpha value is -3.31. The van der Waals surface area contributed by atoms with Crippen molar-refractivity contribution in [3.8, 4) is 5.75 Å². The topological polar surface area (TPSA) is 75.7 Å². The van der Waals surface area contributed by atoms with Crippen LogP contribution >= 0.6 is 11.6 Å². The zero-order valence-electron chi connectivity index (χ0n) is 18.1. The first-order valence-electron chi connectivity index (χ1n) is 10.1. The number of hydrogen-bond donors (Lipinski definition) is 1. The highest BCUT2D eigenvalue weighted by Gasteiger charge is 2.35. The van der Waals surface area contributed by atoms with E-state index in [0.29, 0.717) is 22.7 Å². The van der Waals surface area contributed by atoms with E-state index in [4.69, 9.17) is 16.3 Å². The van der Waals surface area contributed by atoms with Crippen LogP contribution < -0.4 is 14.4 Å². The lowest BCUT2D eigenvalue weighted by atomic mass is 10.1. The van der Waals surface area contributed by atoms with Crippen molar-refractivity contribution >= 4 is 38.9 Å². The average molecular weight is 531 g/mol. The van der Waals surface area contributed by atoms with Gasteiger partial charge >= 0.3 is 6.18 Å². The molecular weight excluding hydrogens is 512 g/mol. The maximum absolute atomic E-state index is 13.4. The number of hydrogen-bond acceptors (Lipinski definition) is 4. The number of alkyl halides is 3. The van der Waals surface area contributed by atoms with E-state index in [9.17, 15) is 30.8 Å². The molecule has 0 heterocycles. The second-order valence-corrected chi connectivity index (χ2v) is 9.43. The maximum Gasteiger partial charge on any atom is 0.418 e. The molecule has 186 valence electrons. The standard InChI is InChI=1S/C23H19ClF4N2O4S/c1-2-34-18-8-10-19(11-9-18)35(32,33)30(17-6-4-16(25)5-7-17)14-22(31)29-21-12-3-15(24)13-20(21)23(26,27)28/h3-13H,2,14H2,1H3,(H,29,31). The van der Waals surface area contributed by atoms with Gasteiger partial charge in [-0.2, -0.15) is 13.2 Å². The van der Waals surface area contributed by atoms with Gasteiger partial charge in [0.15, 0.2) is 0 Å². The van der Waals surface area contributed by atoms with Crippen molar-refractivity contribution in [1.29, 1.82) is 0 Å². The summed E-state index contributed by atoms with van der Waals surface area (Å²) in [6.45, 7) is 1.23. The summed E-state index contributed by atoms with van der Waals surface area (Å²) in [5.74, 6) is -1.29. The van der Waals surface area contributed by atoms with Crippen LogP contribution in [0.25, 0.3) is 0 Å². The van der Waals surface area contributed by atoms with E-state index in [1.165, 1.54) is 24.3 Å². The molecular formula is C23H19ClF4N2O4S. The van der Waals surface area contributed by atoms with Gasteiger partial charge in [-0.3, -0.25) is 9.10 Å². The van der Waals surface area contributed by atoms with E-state index in [1.807, 2.05) is 0 Å². The van der Waals surface area contributed by atoms with Crippen molar-refractivity contribution in [3.63, 3.8) is 0 Å². The Balaban J connectivity index is 1.96. The highest BCUT2D eigenvalue weighted by atomic mass is 35.5. The second-order valence-electron chi connectivity index (χ2n) is 7.13. The van der Waals surface area contributed by atoms with Crippen molar-refractivity contribution in [2.45, 2.75) is 18.0 Å². The van der Waals surface area contributed by atoms with E-state index in [-0.39, 0.29) is 15.6 Å². The predicted octanol–water partition coefficient (Wildman–Crippen LogP) is 5.73. The molecule has 3 aromatic carbocycles. The zero-order valence-corrected chi connectivity index (χ0v) is 19.7. The first kappa shape index (κ1) is 26.3. The summed E-state index contributed by atoms with van der Waals surface area (Å²) < 4.78 is 86.3. The lowest BCUT2D eigenvalue weighted by molar-refractivity contribution is -0.137. The first-order chi connectivity index (χ1) is 16.4. The number of carbonyl (C=O) groups excluding carboxylic acids is 1. The molecule has 6 nitrogen and oxygen atoms in total. The van der Waals surface area contributed by atoms with E-state index < -0.39 is 45.7 Å². The van der Waals surface area contributed by atoms with Crippen LogP contribution in [-0.2, 0) is 21.0 Å². The van der Waals surface area contributed by atoms with Gasteiger partial charge in [0.1, 0.15) is 18.1 Å². The number of ether oxygens (including phenoxy) is 1. The third-order valence-corrected chi connectivity index (χ3v) is 6.71. The summed E-state index contributed by atoms with van der Waals surface area (Å²) >= 11 is 5.66. The van der Waals surface area contributed by atoms with Crippen molar-refractivity contribution in [3.05, 3.63) is 83.1 Å². The molecule has 0 aliphatic heterocycles. The highest BCUT2D eigenvalue weighted by Crippen LogP contribution is 2.36. The van der Waals surface area contributed by atoms with Gasteiger partial charge in [0.2, 0.25) is 5.91 Å². The fraction of sp³-hybridized carbons (Fsp3) is 0.174. The van der Waals surface area contributed by atoms with Crippen molar-refractivity contribution in [2.75, 3.05) is 22.8 Å². The molecule has 0 bridgehead atoms. The van der Waals surface area contributed by atoms with Crippen LogP contribution in [-0.4, -0.2) is 27.5 Å². The maximum atomic E-state index is 13.4. The number of nitrogens with one attached hydrogen (secondary N) is 1. The van der Waals surface area contributed by atoms with Crippen molar-refractivity contribution < 1.29 is 35.5 Å². The third-order valence-electron chi connectivity index (χ3n) is 4.69. The summed E-state index contributed by atoms with van der Waals surface area (Å²) in [5, 5.41) is 1.89. The monoisotopic (exact) mass is 530 g/mol. The summed E-state index contributed by atoms with van der Waals surface area (Å²) in [7, 11) is -4.38. The molecule has 0 aliphatic rings. The van der Waals surface area contributed by atoms with Crippen LogP contribution in [0.3, 0.4) is 0 Å². The minimum atomic E-state index is -4.82. The molecule has 1 N–H and O–H groups in total. The number of carbonyl (C=O) groups is 1. The predicted molar refractivity (Wildman–Crippen MR) is 124 cm³/mol. The molecule has 3 rings (SSSR count). The number of nitrogens with zero attached hydrogens (tertiary/aromatic N) is 1. The fourth-order valence-corrected chi connectivity index (χ4v) is 4.70. The lowest BCUT2D eigenvalue weighted by Crippen LogP contribution is -2.38. The molecule has 0 atom stereocenters. The highest BCUT2D eigenvalue weighted by molar-refractivity contribution is 7.92. The largest absolute Gasteiger partial charge is 0.494 e. The van der Waals surface area contributed by atoms with E-state index >= 15 is 0 Å². The van der Waals surface area contributed by atoms with E-state index in [2.05, 4.69) is 5.32 Å². The molecule has 0 radical (unpaired) electrons. The number of amides is 1. The normalized spacial score (nSPS) is 11.7. The lowest BCUT2D eigenvalue weighted by Gasteiger charge is -2.24. The van der Waals surface area contributed by atoms with Gasteiger partial charge in [-0.25, -0.2) is 12.8 Å². The molecule has 12 heteroatoms. The second kappa shape index (κ2) is 10.5. The Bertz CT molecular complexity index is 1300. The van der Waals surface area contributed by atoms with Gasteiger partial charge in [0.05, 0.1) is 28.4 Å². The van der Waals surface area contributed by atoms with Crippen LogP contribution in [0, 0.1) is 5.82 Å². The summed E-state index contributed by atoms with van der Waals surface area (Å²) in [6, 6.07) is 12.4. The Labute approximate surface area is 204 Å². The molecule has 0 aliphatic carbocycles. The van der Waals surface area contributed by atoms with Crippen LogP contribution in [0.4, 0.5) is 28.9 Å². The number of sulfonamides is 1. The number of halogens is 5. The summed E-state index contributed by atoms with van der Waals surface area (Å²) in [6.07, 6.45) is -4.82. The third kappa shape index (κ3) is 6.43. The molecule has 0 aromatic heterocycles. The average Bonchev–Trinajstić information content (AvgIpc) is 2.79. The zero-order chi connectivity index (χ0) is 25.8. The fourth-order valence-electron chi connectivity index (χ4n) is 3.10. The van der Waals surface area contributed by atoms with Crippen LogP contribution in [0.5, 0.6) is 5.75 Å².